The molecule has 1 rings (SSSR count). The van der Waals surface area contributed by atoms with E-state index in [1.54, 1.807) is 0 Å². The maximum Gasteiger partial charge on any atom is 0.317 e. The molecule has 1 unspecified atom stereocenters. The summed E-state index contributed by atoms with van der Waals surface area (Å²) in [5, 5.41) is 11.2. The highest BCUT2D eigenvalue weighted by Crippen LogP contribution is 2.41. The molecule has 0 spiro atoms. The number of amides is 2. The van der Waals surface area contributed by atoms with E-state index < -0.39 is 23.8 Å². The summed E-state index contributed by atoms with van der Waals surface area (Å²) in [5.41, 5.74) is 0. The summed E-state index contributed by atoms with van der Waals surface area (Å²) in [6, 6.07) is -0.432. The fraction of sp³-hybridized carbons (Fsp3) is 0.818. The highest BCUT2D eigenvalue weighted by Gasteiger charge is 2.45. The molecule has 1 saturated carbocycles. The van der Waals surface area contributed by atoms with Crippen LogP contribution in [0, 0.1) is 11.8 Å². The van der Waals surface area contributed by atoms with Gasteiger partial charge in [-0.2, -0.15) is 0 Å². The Balaban J connectivity index is 2.22. The highest BCUT2D eigenvalue weighted by molar-refractivity contribution is 5.75. The van der Waals surface area contributed by atoms with Crippen molar-refractivity contribution in [2.75, 3.05) is 20.1 Å². The van der Waals surface area contributed by atoms with Crippen LogP contribution < -0.4 is 5.32 Å². The molecule has 0 heterocycles. The van der Waals surface area contributed by atoms with Crippen molar-refractivity contribution in [3.05, 3.63) is 0 Å². The topological polar surface area (TPSA) is 69.6 Å². The normalized spacial score (nSPS) is 19.8. The number of carboxylic acids is 1. The Morgan fingerprint density at radius 2 is 2.06 bits per heavy atom. The monoisotopic (exact) mass is 264 g/mol. The Kier molecular flexibility index (Phi) is 4.48. The molecular formula is C11H18F2N2O3. The van der Waals surface area contributed by atoms with Gasteiger partial charge < -0.3 is 15.3 Å². The van der Waals surface area contributed by atoms with Gasteiger partial charge in [-0.25, -0.2) is 13.6 Å². The van der Waals surface area contributed by atoms with E-state index in [2.05, 4.69) is 5.32 Å². The van der Waals surface area contributed by atoms with Crippen LogP contribution in [0.15, 0.2) is 0 Å². The molecule has 0 aromatic carbocycles. The number of hydrogen-bond donors (Lipinski definition) is 2. The van der Waals surface area contributed by atoms with Gasteiger partial charge in [-0.3, -0.25) is 4.79 Å². The zero-order valence-electron chi connectivity index (χ0n) is 10.4. The molecule has 2 N–H and O–H groups in total. The molecule has 104 valence electrons. The number of nitrogens with zero attached hydrogens (tertiary/aromatic N) is 1. The van der Waals surface area contributed by atoms with Crippen LogP contribution in [-0.4, -0.2) is 48.1 Å². The molecule has 1 fully saturated rings. The smallest absolute Gasteiger partial charge is 0.317 e. The largest absolute Gasteiger partial charge is 0.481 e. The van der Waals surface area contributed by atoms with E-state index in [1.807, 2.05) is 0 Å². The third-order valence-corrected chi connectivity index (χ3v) is 3.03. The van der Waals surface area contributed by atoms with Crippen molar-refractivity contribution in [2.45, 2.75) is 25.7 Å². The number of urea groups is 1. The molecule has 0 saturated heterocycles. The molecular weight excluding hydrogens is 246 g/mol. The van der Waals surface area contributed by atoms with Crippen LogP contribution in [0.4, 0.5) is 13.6 Å². The lowest BCUT2D eigenvalue weighted by atomic mass is 9.81. The number of halogens is 2. The Morgan fingerprint density at radius 1 is 1.50 bits per heavy atom. The Bertz CT molecular complexity index is 328. The average molecular weight is 264 g/mol. The molecule has 0 aromatic heterocycles. The molecule has 0 aromatic rings. The van der Waals surface area contributed by atoms with Gasteiger partial charge in [0.1, 0.15) is 0 Å². The number of carboxylic acid groups (broad SMARTS) is 1. The van der Waals surface area contributed by atoms with Crippen LogP contribution in [0.5, 0.6) is 0 Å². The summed E-state index contributed by atoms with van der Waals surface area (Å²) in [4.78, 5) is 23.4. The Hall–Kier alpha value is -1.40. The lowest BCUT2D eigenvalue weighted by Crippen LogP contribution is -2.46. The van der Waals surface area contributed by atoms with Gasteiger partial charge in [-0.05, 0) is 5.92 Å². The first-order chi connectivity index (χ1) is 8.21. The number of rotatable bonds is 5. The third kappa shape index (κ3) is 4.12. The molecule has 2 amide bonds. The number of hydrogen-bond acceptors (Lipinski definition) is 2. The first kappa shape index (κ1) is 14.7. The van der Waals surface area contributed by atoms with Crippen molar-refractivity contribution in [1.82, 2.24) is 10.2 Å². The van der Waals surface area contributed by atoms with E-state index >= 15 is 0 Å². The van der Waals surface area contributed by atoms with E-state index in [4.69, 9.17) is 5.11 Å². The molecule has 18 heavy (non-hydrogen) atoms. The van der Waals surface area contributed by atoms with E-state index in [0.29, 0.717) is 0 Å². The number of nitrogens with one attached hydrogen (secondary N) is 1. The van der Waals surface area contributed by atoms with Crippen LogP contribution >= 0.6 is 0 Å². The lowest BCUT2D eigenvalue weighted by Gasteiger charge is -2.35. The third-order valence-electron chi connectivity index (χ3n) is 3.03. The minimum absolute atomic E-state index is 0.0853. The molecule has 5 nitrogen and oxygen atoms in total. The molecule has 1 atom stereocenters. The number of carbonyl (C=O) groups is 2. The summed E-state index contributed by atoms with van der Waals surface area (Å²) in [6.45, 7) is 1.79. The number of carbonyl (C=O) groups excluding carboxylic acids is 1. The summed E-state index contributed by atoms with van der Waals surface area (Å²) in [7, 11) is 1.48. The zero-order chi connectivity index (χ0) is 13.9. The van der Waals surface area contributed by atoms with Crippen LogP contribution in [0.2, 0.25) is 0 Å². The highest BCUT2D eigenvalue weighted by atomic mass is 19.3. The Labute approximate surface area is 104 Å². The van der Waals surface area contributed by atoms with Crippen LogP contribution in [0.1, 0.15) is 19.8 Å². The van der Waals surface area contributed by atoms with Crippen LogP contribution in [0.3, 0.4) is 0 Å². The predicted molar refractivity (Wildman–Crippen MR) is 60.5 cm³/mol. The average Bonchev–Trinajstić information content (AvgIpc) is 2.22. The predicted octanol–water partition coefficient (Wildman–Crippen LogP) is 1.39. The lowest BCUT2D eigenvalue weighted by molar-refractivity contribution is -0.141. The van der Waals surface area contributed by atoms with Gasteiger partial charge in [0, 0.05) is 33.0 Å². The van der Waals surface area contributed by atoms with Crippen molar-refractivity contribution in [3.63, 3.8) is 0 Å². The van der Waals surface area contributed by atoms with Crippen molar-refractivity contribution < 1.29 is 23.5 Å². The van der Waals surface area contributed by atoms with Gasteiger partial charge in [0.25, 0.3) is 0 Å². The van der Waals surface area contributed by atoms with Crippen LogP contribution in [-0.2, 0) is 4.79 Å². The van der Waals surface area contributed by atoms with E-state index in [0.717, 1.165) is 0 Å². The van der Waals surface area contributed by atoms with Crippen molar-refractivity contribution in [2.24, 2.45) is 11.8 Å². The number of alkyl halides is 2. The zero-order valence-corrected chi connectivity index (χ0v) is 10.4. The summed E-state index contributed by atoms with van der Waals surface area (Å²) in [6.07, 6.45) is -0.384. The first-order valence-corrected chi connectivity index (χ1v) is 5.81. The summed E-state index contributed by atoms with van der Waals surface area (Å²) in [5.74, 6) is -4.41. The fourth-order valence-corrected chi connectivity index (χ4v) is 1.87. The van der Waals surface area contributed by atoms with E-state index in [-0.39, 0.29) is 31.8 Å². The molecule has 0 radical (unpaired) electrons. The second-order valence-electron chi connectivity index (χ2n) is 4.94. The van der Waals surface area contributed by atoms with Crippen molar-refractivity contribution in [1.29, 1.82) is 0 Å². The molecule has 0 bridgehead atoms. The SMILES string of the molecule is CC(CN(C)C(=O)NCC1CC(F)(F)C1)C(=O)O. The van der Waals surface area contributed by atoms with Crippen molar-refractivity contribution in [3.8, 4) is 0 Å². The quantitative estimate of drug-likeness (QED) is 0.788. The molecule has 7 heteroatoms. The molecule has 1 aliphatic carbocycles. The van der Waals surface area contributed by atoms with E-state index in [1.165, 1.54) is 18.9 Å². The summed E-state index contributed by atoms with van der Waals surface area (Å²) >= 11 is 0. The Morgan fingerprint density at radius 3 is 2.50 bits per heavy atom. The number of aliphatic carboxylic acids is 1. The minimum Gasteiger partial charge on any atom is -0.481 e. The van der Waals surface area contributed by atoms with E-state index in [9.17, 15) is 18.4 Å². The molecule has 1 aliphatic rings. The summed E-state index contributed by atoms with van der Waals surface area (Å²) < 4.78 is 25.1. The standard InChI is InChI=1S/C11H18F2N2O3/c1-7(9(16)17)6-15(2)10(18)14-5-8-3-11(12,13)4-8/h7-8H,3-6H2,1-2H3,(H,14,18)(H,16,17). The first-order valence-electron chi connectivity index (χ1n) is 5.81. The fourth-order valence-electron chi connectivity index (χ4n) is 1.87. The second kappa shape index (κ2) is 5.49. The van der Waals surface area contributed by atoms with Gasteiger partial charge in [-0.1, -0.05) is 6.92 Å². The van der Waals surface area contributed by atoms with Gasteiger partial charge >= 0.3 is 12.0 Å². The minimum atomic E-state index is -2.58. The maximum atomic E-state index is 12.5. The second-order valence-corrected chi connectivity index (χ2v) is 4.94. The van der Waals surface area contributed by atoms with Crippen molar-refractivity contribution >= 4 is 12.0 Å². The maximum absolute atomic E-state index is 12.5. The van der Waals surface area contributed by atoms with Gasteiger partial charge in [0.2, 0.25) is 5.92 Å². The van der Waals surface area contributed by atoms with Gasteiger partial charge in [0.05, 0.1) is 5.92 Å². The van der Waals surface area contributed by atoms with Gasteiger partial charge in [-0.15, -0.1) is 0 Å². The molecule has 0 aliphatic heterocycles. The van der Waals surface area contributed by atoms with Crippen LogP contribution in [0.25, 0.3) is 0 Å². The van der Waals surface area contributed by atoms with Gasteiger partial charge in [0.15, 0.2) is 0 Å².